The summed E-state index contributed by atoms with van der Waals surface area (Å²) in [4.78, 5) is 4.20. The van der Waals surface area contributed by atoms with Crippen molar-refractivity contribution in [1.82, 2.24) is 10.0 Å². The maximum Gasteiger partial charge on any atom is 0.208 e. The Morgan fingerprint density at radius 3 is 2.77 bits per heavy atom. The molecule has 0 spiro atoms. The maximum atomic E-state index is 10.7. The molecule has 0 aromatic heterocycles. The van der Waals surface area contributed by atoms with Gasteiger partial charge < -0.3 is 5.32 Å². The number of aliphatic imine (C=N–C) groups is 1. The summed E-state index contributed by atoms with van der Waals surface area (Å²) in [5.74, 6) is 0.996. The molecule has 0 unspecified atom stereocenters. The van der Waals surface area contributed by atoms with Gasteiger partial charge in [-0.2, -0.15) is 0 Å². The van der Waals surface area contributed by atoms with Crippen molar-refractivity contribution in [3.63, 3.8) is 0 Å². The molecule has 1 aliphatic rings. The second kappa shape index (κ2) is 4.57. The Kier molecular flexibility index (Phi) is 3.68. The summed E-state index contributed by atoms with van der Waals surface area (Å²) in [6.07, 6.45) is 3.24. The number of nitrogens with zero attached hydrogens (tertiary/aromatic N) is 1. The quantitative estimate of drug-likeness (QED) is 0.597. The first-order valence-electron chi connectivity index (χ1n) is 4.30. The normalized spacial score (nSPS) is 17.2. The Balaban J connectivity index is 2.07. The van der Waals surface area contributed by atoms with Crippen molar-refractivity contribution in [3.05, 3.63) is 0 Å². The van der Waals surface area contributed by atoms with Crippen LogP contribution >= 0.6 is 0 Å². The molecule has 2 N–H and O–H groups in total. The predicted molar refractivity (Wildman–Crippen MR) is 52.4 cm³/mol. The number of nitrogens with one attached hydrogen (secondary N) is 2. The minimum Gasteiger partial charge on any atom is -0.373 e. The Hall–Kier alpha value is -0.620. The third-order valence-corrected chi connectivity index (χ3v) is 2.42. The third-order valence-electron chi connectivity index (χ3n) is 1.69. The molecule has 0 saturated heterocycles. The van der Waals surface area contributed by atoms with E-state index in [2.05, 4.69) is 15.0 Å². The maximum absolute atomic E-state index is 10.7. The first-order chi connectivity index (χ1) is 6.08. The summed E-state index contributed by atoms with van der Waals surface area (Å²) < 4.78 is 23.7. The molecule has 1 heterocycles. The van der Waals surface area contributed by atoms with Crippen LogP contribution in [0, 0.1) is 0 Å². The molecule has 0 aliphatic carbocycles. The fraction of sp³-hybridized carbons (Fsp3) is 0.857. The minimum absolute atomic E-state index is 0.415. The largest absolute Gasteiger partial charge is 0.373 e. The molecule has 13 heavy (non-hydrogen) atoms. The standard InChI is InChI=1S/C7H15N3O2S/c1-13(11,12)10-6-5-9-7-3-2-4-8-7/h10H,2-6H2,1H3,(H,8,9). The van der Waals surface area contributed by atoms with E-state index < -0.39 is 10.0 Å². The van der Waals surface area contributed by atoms with Crippen LogP contribution in [0.1, 0.15) is 12.8 Å². The van der Waals surface area contributed by atoms with Crippen LogP contribution in [-0.4, -0.2) is 40.1 Å². The fourth-order valence-electron chi connectivity index (χ4n) is 1.13. The van der Waals surface area contributed by atoms with Gasteiger partial charge >= 0.3 is 0 Å². The molecule has 0 aromatic carbocycles. The predicted octanol–water partition coefficient (Wildman–Crippen LogP) is -0.682. The molecule has 0 atom stereocenters. The summed E-state index contributed by atoms with van der Waals surface area (Å²) in [5, 5.41) is 3.08. The Labute approximate surface area is 78.7 Å². The number of hydrogen-bond acceptors (Lipinski definition) is 4. The molecule has 0 amide bonds. The lowest BCUT2D eigenvalue weighted by atomic mass is 10.3. The first-order valence-corrected chi connectivity index (χ1v) is 6.19. The van der Waals surface area contributed by atoms with Crippen LogP contribution in [-0.2, 0) is 10.0 Å². The Morgan fingerprint density at radius 1 is 1.46 bits per heavy atom. The van der Waals surface area contributed by atoms with Crippen LogP contribution in [0.2, 0.25) is 0 Å². The van der Waals surface area contributed by atoms with E-state index in [4.69, 9.17) is 0 Å². The van der Waals surface area contributed by atoms with E-state index in [-0.39, 0.29) is 0 Å². The van der Waals surface area contributed by atoms with E-state index in [1.165, 1.54) is 0 Å². The molecule has 0 radical (unpaired) electrons. The third kappa shape index (κ3) is 4.84. The van der Waals surface area contributed by atoms with E-state index in [9.17, 15) is 8.42 Å². The van der Waals surface area contributed by atoms with Crippen LogP contribution in [0.25, 0.3) is 0 Å². The summed E-state index contributed by atoms with van der Waals surface area (Å²) >= 11 is 0. The summed E-state index contributed by atoms with van der Waals surface area (Å²) in [6, 6.07) is 0. The molecule has 1 aliphatic heterocycles. The molecule has 0 aromatic rings. The van der Waals surface area contributed by atoms with Crippen molar-refractivity contribution in [2.24, 2.45) is 4.99 Å². The van der Waals surface area contributed by atoms with E-state index in [1.807, 2.05) is 0 Å². The summed E-state index contributed by atoms with van der Waals surface area (Å²) in [7, 11) is -3.05. The highest BCUT2D eigenvalue weighted by Gasteiger charge is 2.05. The molecule has 5 nitrogen and oxygen atoms in total. The van der Waals surface area contributed by atoms with Gasteiger partial charge in [0.1, 0.15) is 0 Å². The van der Waals surface area contributed by atoms with Gasteiger partial charge in [0.15, 0.2) is 0 Å². The zero-order valence-electron chi connectivity index (χ0n) is 7.71. The Bertz CT molecular complexity index is 284. The Morgan fingerprint density at radius 2 is 2.23 bits per heavy atom. The molecule has 0 bridgehead atoms. The van der Waals surface area contributed by atoms with Gasteiger partial charge in [0.2, 0.25) is 10.0 Å². The lowest BCUT2D eigenvalue weighted by molar-refractivity contribution is 0.587. The van der Waals surface area contributed by atoms with Crippen LogP contribution in [0.4, 0.5) is 0 Å². The molecule has 76 valence electrons. The minimum atomic E-state index is -3.05. The zero-order chi connectivity index (χ0) is 9.73. The highest BCUT2D eigenvalue weighted by molar-refractivity contribution is 7.88. The molecule has 1 rings (SSSR count). The number of sulfonamides is 1. The van der Waals surface area contributed by atoms with Crippen molar-refractivity contribution in [1.29, 1.82) is 0 Å². The van der Waals surface area contributed by atoms with Crippen molar-refractivity contribution >= 4 is 15.9 Å². The lowest BCUT2D eigenvalue weighted by Gasteiger charge is -2.05. The molecular formula is C7H15N3O2S. The molecule has 0 saturated carbocycles. The van der Waals surface area contributed by atoms with Crippen molar-refractivity contribution in [2.75, 3.05) is 25.9 Å². The number of amidine groups is 1. The van der Waals surface area contributed by atoms with E-state index in [0.29, 0.717) is 13.1 Å². The molecular weight excluding hydrogens is 190 g/mol. The van der Waals surface area contributed by atoms with Gasteiger partial charge in [-0.05, 0) is 6.42 Å². The van der Waals surface area contributed by atoms with E-state index in [0.717, 1.165) is 31.5 Å². The van der Waals surface area contributed by atoms with Crippen LogP contribution < -0.4 is 10.0 Å². The van der Waals surface area contributed by atoms with Gasteiger partial charge in [0, 0.05) is 26.1 Å². The summed E-state index contributed by atoms with van der Waals surface area (Å²) in [6.45, 7) is 1.91. The highest BCUT2D eigenvalue weighted by atomic mass is 32.2. The fourth-order valence-corrected chi connectivity index (χ4v) is 1.60. The monoisotopic (exact) mass is 205 g/mol. The van der Waals surface area contributed by atoms with E-state index in [1.54, 1.807) is 0 Å². The lowest BCUT2D eigenvalue weighted by Crippen LogP contribution is -2.33. The topological polar surface area (TPSA) is 70.6 Å². The molecule has 0 fully saturated rings. The second-order valence-corrected chi connectivity index (χ2v) is 4.86. The van der Waals surface area contributed by atoms with Gasteiger partial charge in [-0.25, -0.2) is 13.1 Å². The van der Waals surface area contributed by atoms with Crippen LogP contribution in [0.3, 0.4) is 0 Å². The first kappa shape index (κ1) is 10.5. The van der Waals surface area contributed by atoms with Crippen molar-refractivity contribution < 1.29 is 8.42 Å². The highest BCUT2D eigenvalue weighted by Crippen LogP contribution is 2.00. The van der Waals surface area contributed by atoms with Gasteiger partial charge in [-0.3, -0.25) is 4.99 Å². The van der Waals surface area contributed by atoms with Gasteiger partial charge in [-0.15, -0.1) is 0 Å². The number of hydrogen-bond donors (Lipinski definition) is 2. The van der Waals surface area contributed by atoms with Crippen LogP contribution in [0.15, 0.2) is 4.99 Å². The summed E-state index contributed by atoms with van der Waals surface area (Å²) in [5.41, 5.74) is 0. The van der Waals surface area contributed by atoms with Gasteiger partial charge in [-0.1, -0.05) is 0 Å². The van der Waals surface area contributed by atoms with Gasteiger partial charge in [0.25, 0.3) is 0 Å². The SMILES string of the molecule is CS(=O)(=O)NCCNC1=NCCC1. The average molecular weight is 205 g/mol. The van der Waals surface area contributed by atoms with Crippen molar-refractivity contribution in [2.45, 2.75) is 12.8 Å². The number of rotatable bonds is 4. The van der Waals surface area contributed by atoms with Crippen LogP contribution in [0.5, 0.6) is 0 Å². The van der Waals surface area contributed by atoms with Gasteiger partial charge in [0.05, 0.1) is 12.1 Å². The van der Waals surface area contributed by atoms with Crippen molar-refractivity contribution in [3.8, 4) is 0 Å². The molecule has 6 heteroatoms. The smallest absolute Gasteiger partial charge is 0.208 e. The van der Waals surface area contributed by atoms with E-state index >= 15 is 0 Å². The average Bonchev–Trinajstić information content (AvgIpc) is 2.48. The zero-order valence-corrected chi connectivity index (χ0v) is 8.52. The second-order valence-electron chi connectivity index (χ2n) is 3.03.